The Morgan fingerprint density at radius 2 is 1.58 bits per heavy atom. The Kier molecular flexibility index (Phi) is 4.15. The van der Waals surface area contributed by atoms with E-state index in [4.69, 9.17) is 14.6 Å². The number of benzene rings is 1. The summed E-state index contributed by atoms with van der Waals surface area (Å²) in [6, 6.07) is 2.09. The minimum atomic E-state index is -3.79. The highest BCUT2D eigenvalue weighted by molar-refractivity contribution is 7.90. The highest BCUT2D eigenvalue weighted by Crippen LogP contribution is 2.33. The first kappa shape index (κ1) is 15.0. The second-order valence-electron chi connectivity index (χ2n) is 3.61. The fraction of sp³-hybridized carbons (Fsp3) is 0.273. The number of ether oxygens (including phenoxy) is 2. The smallest absolute Gasteiger partial charge is 0.377 e. The second kappa shape index (κ2) is 5.27. The van der Waals surface area contributed by atoms with Gasteiger partial charge < -0.3 is 14.6 Å². The van der Waals surface area contributed by atoms with Gasteiger partial charge in [-0.05, 0) is 6.07 Å². The Morgan fingerprint density at radius 1 is 1.11 bits per heavy atom. The number of methoxy groups -OCH3 is 2. The van der Waals surface area contributed by atoms with Gasteiger partial charge in [-0.15, -0.1) is 0 Å². The van der Waals surface area contributed by atoms with E-state index < -0.39 is 32.0 Å². The van der Waals surface area contributed by atoms with Crippen LogP contribution in [0.4, 0.5) is 0 Å². The molecule has 0 amide bonds. The average molecular weight is 288 g/mol. The monoisotopic (exact) mass is 288 g/mol. The first-order chi connectivity index (χ1) is 8.72. The van der Waals surface area contributed by atoms with E-state index in [0.29, 0.717) is 0 Å². The topological polar surface area (TPSA) is 107 Å². The van der Waals surface area contributed by atoms with Crippen molar-refractivity contribution < 1.29 is 32.6 Å². The molecule has 19 heavy (non-hydrogen) atoms. The molecule has 1 rings (SSSR count). The van der Waals surface area contributed by atoms with Crippen molar-refractivity contribution in [2.45, 2.75) is 4.90 Å². The van der Waals surface area contributed by atoms with E-state index in [9.17, 15) is 18.0 Å². The Morgan fingerprint density at radius 3 is 1.95 bits per heavy atom. The highest BCUT2D eigenvalue weighted by atomic mass is 32.2. The summed E-state index contributed by atoms with van der Waals surface area (Å²) in [5, 5.41) is 8.70. The van der Waals surface area contributed by atoms with Crippen molar-refractivity contribution in [3.05, 3.63) is 17.7 Å². The molecule has 0 bridgehead atoms. The third-order valence-corrected chi connectivity index (χ3v) is 3.46. The number of sulfone groups is 1. The number of ketones is 1. The number of hydrogen-bond donors (Lipinski definition) is 1. The molecule has 0 aliphatic heterocycles. The van der Waals surface area contributed by atoms with Crippen LogP contribution in [0, 0.1) is 0 Å². The van der Waals surface area contributed by atoms with Gasteiger partial charge in [-0.25, -0.2) is 13.2 Å². The third kappa shape index (κ3) is 3.02. The van der Waals surface area contributed by atoms with Crippen molar-refractivity contribution in [1.29, 1.82) is 0 Å². The SMILES string of the molecule is COc1cc(C(=O)C(=O)O)c(S(C)(=O)=O)cc1OC. The van der Waals surface area contributed by atoms with Crippen molar-refractivity contribution in [2.75, 3.05) is 20.5 Å². The van der Waals surface area contributed by atoms with E-state index in [2.05, 4.69) is 0 Å². The zero-order chi connectivity index (χ0) is 14.8. The maximum absolute atomic E-state index is 11.6. The lowest BCUT2D eigenvalue weighted by atomic mass is 10.1. The van der Waals surface area contributed by atoms with Gasteiger partial charge in [0.15, 0.2) is 21.3 Å². The molecule has 0 aliphatic carbocycles. The van der Waals surface area contributed by atoms with E-state index in [1.54, 1.807) is 0 Å². The van der Waals surface area contributed by atoms with Crippen LogP contribution in [-0.4, -0.2) is 45.8 Å². The fourth-order valence-corrected chi connectivity index (χ4v) is 2.33. The van der Waals surface area contributed by atoms with Gasteiger partial charge in [0.05, 0.1) is 24.7 Å². The number of carbonyl (C=O) groups is 2. The number of Topliss-reactive ketones (excluding diaryl/α,β-unsaturated/α-hetero) is 1. The maximum Gasteiger partial charge on any atom is 0.377 e. The number of aliphatic carboxylic acids is 1. The van der Waals surface area contributed by atoms with Crippen LogP contribution in [0.15, 0.2) is 17.0 Å². The molecule has 8 heteroatoms. The average Bonchev–Trinajstić information content (AvgIpc) is 2.34. The highest BCUT2D eigenvalue weighted by Gasteiger charge is 2.26. The Labute approximate surface area is 109 Å². The predicted molar refractivity (Wildman–Crippen MR) is 64.6 cm³/mol. The molecular weight excluding hydrogens is 276 g/mol. The summed E-state index contributed by atoms with van der Waals surface area (Å²) < 4.78 is 33.0. The van der Waals surface area contributed by atoms with Gasteiger partial charge in [0.25, 0.3) is 5.78 Å². The summed E-state index contributed by atoms with van der Waals surface area (Å²) >= 11 is 0. The molecule has 0 aromatic heterocycles. The summed E-state index contributed by atoms with van der Waals surface area (Å²) in [5.74, 6) is -2.93. The first-order valence-electron chi connectivity index (χ1n) is 4.96. The van der Waals surface area contributed by atoms with Crippen molar-refractivity contribution in [3.63, 3.8) is 0 Å². The van der Waals surface area contributed by atoms with Crippen molar-refractivity contribution in [1.82, 2.24) is 0 Å². The largest absolute Gasteiger partial charge is 0.493 e. The second-order valence-corrected chi connectivity index (χ2v) is 5.59. The Balaban J connectivity index is 3.68. The van der Waals surface area contributed by atoms with Crippen LogP contribution in [0.3, 0.4) is 0 Å². The van der Waals surface area contributed by atoms with Crippen LogP contribution in [0.1, 0.15) is 10.4 Å². The lowest BCUT2D eigenvalue weighted by Crippen LogP contribution is -2.17. The molecule has 1 aromatic rings. The van der Waals surface area contributed by atoms with E-state index in [0.717, 1.165) is 18.4 Å². The lowest BCUT2D eigenvalue weighted by molar-refractivity contribution is -0.131. The molecular formula is C11H12O7S. The summed E-state index contributed by atoms with van der Waals surface area (Å²) in [6.07, 6.45) is 0.868. The van der Waals surface area contributed by atoms with Crippen LogP contribution in [0.2, 0.25) is 0 Å². The van der Waals surface area contributed by atoms with E-state index in [1.807, 2.05) is 0 Å². The Hall–Kier alpha value is -2.09. The van der Waals surface area contributed by atoms with Gasteiger partial charge in [0.2, 0.25) is 0 Å². The standard InChI is InChI=1S/C11H12O7S/c1-17-7-4-6(10(12)11(13)14)9(19(3,15)16)5-8(7)18-2/h4-5H,1-3H3,(H,13,14). The molecule has 0 heterocycles. The molecule has 0 spiro atoms. The Bertz CT molecular complexity index is 631. The summed E-state index contributed by atoms with van der Waals surface area (Å²) in [6.45, 7) is 0. The molecule has 0 saturated heterocycles. The molecule has 0 aliphatic rings. The quantitative estimate of drug-likeness (QED) is 0.616. The van der Waals surface area contributed by atoms with Crippen LogP contribution < -0.4 is 9.47 Å². The van der Waals surface area contributed by atoms with Gasteiger partial charge in [-0.3, -0.25) is 4.79 Å². The van der Waals surface area contributed by atoms with Gasteiger partial charge >= 0.3 is 5.97 Å². The zero-order valence-corrected chi connectivity index (χ0v) is 11.3. The van der Waals surface area contributed by atoms with E-state index in [1.165, 1.54) is 14.2 Å². The molecule has 0 saturated carbocycles. The minimum Gasteiger partial charge on any atom is -0.493 e. The number of carboxylic acids is 1. The molecule has 7 nitrogen and oxygen atoms in total. The number of rotatable bonds is 5. The third-order valence-electron chi connectivity index (χ3n) is 2.32. The summed E-state index contributed by atoms with van der Waals surface area (Å²) in [4.78, 5) is 21.8. The molecule has 0 atom stereocenters. The lowest BCUT2D eigenvalue weighted by Gasteiger charge is -2.12. The van der Waals surface area contributed by atoms with E-state index >= 15 is 0 Å². The summed E-state index contributed by atoms with van der Waals surface area (Å²) in [5.41, 5.74) is -0.465. The maximum atomic E-state index is 11.6. The molecule has 1 N–H and O–H groups in total. The van der Waals surface area contributed by atoms with Crippen LogP contribution in [-0.2, 0) is 14.6 Å². The normalized spacial score (nSPS) is 10.9. The molecule has 1 aromatic carbocycles. The van der Waals surface area contributed by atoms with Gasteiger partial charge in [0.1, 0.15) is 0 Å². The van der Waals surface area contributed by atoms with Crippen molar-refractivity contribution in [3.8, 4) is 11.5 Å². The van der Waals surface area contributed by atoms with Crippen molar-refractivity contribution in [2.24, 2.45) is 0 Å². The van der Waals surface area contributed by atoms with Gasteiger partial charge in [-0.1, -0.05) is 0 Å². The number of carboxylic acid groups (broad SMARTS) is 1. The van der Waals surface area contributed by atoms with Crippen LogP contribution in [0.5, 0.6) is 11.5 Å². The van der Waals surface area contributed by atoms with Crippen LogP contribution in [0.25, 0.3) is 0 Å². The number of carbonyl (C=O) groups excluding carboxylic acids is 1. The zero-order valence-electron chi connectivity index (χ0n) is 10.5. The molecule has 0 unspecified atom stereocenters. The van der Waals surface area contributed by atoms with E-state index in [-0.39, 0.29) is 11.5 Å². The van der Waals surface area contributed by atoms with Crippen LogP contribution >= 0.6 is 0 Å². The fourth-order valence-electron chi connectivity index (χ4n) is 1.46. The number of hydrogen-bond acceptors (Lipinski definition) is 6. The minimum absolute atomic E-state index is 0.0690. The first-order valence-corrected chi connectivity index (χ1v) is 6.85. The predicted octanol–water partition coefficient (Wildman–Crippen LogP) is 0.375. The summed E-state index contributed by atoms with van der Waals surface area (Å²) in [7, 11) is -1.21. The molecule has 0 radical (unpaired) electrons. The van der Waals surface area contributed by atoms with Crippen molar-refractivity contribution >= 4 is 21.6 Å². The molecule has 104 valence electrons. The van der Waals surface area contributed by atoms with Gasteiger partial charge in [0, 0.05) is 12.3 Å². The van der Waals surface area contributed by atoms with Gasteiger partial charge in [-0.2, -0.15) is 0 Å². The molecule has 0 fully saturated rings.